The maximum atomic E-state index is 9.47. The molecule has 2 heterocycles. The number of piperidine rings is 1. The van der Waals surface area contributed by atoms with Crippen LogP contribution >= 0.6 is 11.3 Å². The number of nitrogens with one attached hydrogen (secondary N) is 1. The summed E-state index contributed by atoms with van der Waals surface area (Å²) in [5.41, 5.74) is 2.14. The van der Waals surface area contributed by atoms with Gasteiger partial charge in [0.1, 0.15) is 0 Å². The van der Waals surface area contributed by atoms with E-state index in [0.29, 0.717) is 6.04 Å². The number of hydrogen-bond donors (Lipinski definition) is 2. The fourth-order valence-electron chi connectivity index (χ4n) is 2.76. The number of hydrogen-bond acceptors (Lipinski definition) is 5. The SMILES string of the molecule is OCC1CCCCN1Cc1csc(Nc2ccccc2)n1. The summed E-state index contributed by atoms with van der Waals surface area (Å²) in [7, 11) is 0. The van der Waals surface area contributed by atoms with Crippen molar-refractivity contribution in [3.8, 4) is 0 Å². The fraction of sp³-hybridized carbons (Fsp3) is 0.438. The molecule has 2 N–H and O–H groups in total. The summed E-state index contributed by atoms with van der Waals surface area (Å²) in [6.07, 6.45) is 3.53. The average Bonchev–Trinajstić information content (AvgIpc) is 2.96. The molecule has 1 fully saturated rings. The molecule has 1 unspecified atom stereocenters. The minimum Gasteiger partial charge on any atom is -0.395 e. The number of nitrogens with zero attached hydrogens (tertiary/aromatic N) is 2. The third-order valence-electron chi connectivity index (χ3n) is 3.90. The molecule has 1 aromatic carbocycles. The zero-order valence-corrected chi connectivity index (χ0v) is 12.9. The summed E-state index contributed by atoms with van der Waals surface area (Å²) in [5, 5.41) is 15.8. The van der Waals surface area contributed by atoms with Gasteiger partial charge in [0.15, 0.2) is 5.13 Å². The Morgan fingerprint density at radius 2 is 2.14 bits per heavy atom. The van der Waals surface area contributed by atoms with Gasteiger partial charge in [0.2, 0.25) is 0 Å². The number of likely N-dealkylation sites (tertiary alicyclic amines) is 1. The number of aliphatic hydroxyl groups is 1. The Bertz CT molecular complexity index is 558. The van der Waals surface area contributed by atoms with E-state index in [1.54, 1.807) is 11.3 Å². The first-order chi connectivity index (χ1) is 10.3. The van der Waals surface area contributed by atoms with Crippen molar-refractivity contribution in [2.24, 2.45) is 0 Å². The molecule has 0 aliphatic carbocycles. The lowest BCUT2D eigenvalue weighted by atomic mass is 10.0. The average molecular weight is 303 g/mol. The molecular formula is C16H21N3OS. The summed E-state index contributed by atoms with van der Waals surface area (Å²) < 4.78 is 0. The van der Waals surface area contributed by atoms with E-state index in [4.69, 9.17) is 0 Å². The molecule has 0 radical (unpaired) electrons. The van der Waals surface area contributed by atoms with Crippen LogP contribution in [0.4, 0.5) is 10.8 Å². The van der Waals surface area contributed by atoms with Gasteiger partial charge in [-0.3, -0.25) is 4.90 Å². The molecule has 1 aliphatic heterocycles. The van der Waals surface area contributed by atoms with Crippen molar-refractivity contribution in [2.75, 3.05) is 18.5 Å². The van der Waals surface area contributed by atoms with E-state index in [1.807, 2.05) is 30.3 Å². The number of para-hydroxylation sites is 1. The standard InChI is InChI=1S/C16H21N3OS/c20-11-15-8-4-5-9-19(15)10-14-12-21-16(18-14)17-13-6-2-1-3-7-13/h1-3,6-7,12,15,20H,4-5,8-11H2,(H,17,18). The van der Waals surface area contributed by atoms with Gasteiger partial charge in [-0.25, -0.2) is 4.98 Å². The van der Waals surface area contributed by atoms with Gasteiger partial charge in [-0.15, -0.1) is 11.3 Å². The van der Waals surface area contributed by atoms with Gasteiger partial charge in [-0.1, -0.05) is 24.6 Å². The molecule has 0 spiro atoms. The number of rotatable bonds is 5. The number of aliphatic hydroxyl groups excluding tert-OH is 1. The van der Waals surface area contributed by atoms with Crippen molar-refractivity contribution in [3.05, 3.63) is 41.4 Å². The smallest absolute Gasteiger partial charge is 0.187 e. The zero-order valence-electron chi connectivity index (χ0n) is 12.0. The summed E-state index contributed by atoms with van der Waals surface area (Å²) in [5.74, 6) is 0. The first-order valence-electron chi connectivity index (χ1n) is 7.46. The largest absolute Gasteiger partial charge is 0.395 e. The van der Waals surface area contributed by atoms with Gasteiger partial charge in [0.05, 0.1) is 12.3 Å². The Morgan fingerprint density at radius 1 is 1.29 bits per heavy atom. The van der Waals surface area contributed by atoms with E-state index < -0.39 is 0 Å². The van der Waals surface area contributed by atoms with Gasteiger partial charge < -0.3 is 10.4 Å². The van der Waals surface area contributed by atoms with E-state index in [1.165, 1.54) is 12.8 Å². The van der Waals surface area contributed by atoms with E-state index in [2.05, 4.69) is 20.6 Å². The fourth-order valence-corrected chi connectivity index (χ4v) is 3.49. The summed E-state index contributed by atoms with van der Waals surface area (Å²) in [6.45, 7) is 2.14. The monoisotopic (exact) mass is 303 g/mol. The van der Waals surface area contributed by atoms with Crippen molar-refractivity contribution in [1.29, 1.82) is 0 Å². The van der Waals surface area contributed by atoms with Crippen LogP contribution < -0.4 is 5.32 Å². The van der Waals surface area contributed by atoms with Crippen LogP contribution in [0, 0.1) is 0 Å². The highest BCUT2D eigenvalue weighted by Gasteiger charge is 2.22. The highest BCUT2D eigenvalue weighted by molar-refractivity contribution is 7.13. The predicted octanol–water partition coefficient (Wildman–Crippen LogP) is 3.23. The summed E-state index contributed by atoms with van der Waals surface area (Å²) in [6, 6.07) is 10.4. The molecule has 4 nitrogen and oxygen atoms in total. The van der Waals surface area contributed by atoms with Crippen molar-refractivity contribution in [3.63, 3.8) is 0 Å². The van der Waals surface area contributed by atoms with Crippen molar-refractivity contribution in [2.45, 2.75) is 31.8 Å². The number of benzene rings is 1. The van der Waals surface area contributed by atoms with Crippen LogP contribution in [0.1, 0.15) is 25.0 Å². The van der Waals surface area contributed by atoms with Gasteiger partial charge in [0, 0.05) is 23.7 Å². The van der Waals surface area contributed by atoms with Crippen LogP contribution in [0.3, 0.4) is 0 Å². The molecule has 21 heavy (non-hydrogen) atoms. The Kier molecular flexibility index (Phi) is 4.85. The van der Waals surface area contributed by atoms with E-state index in [0.717, 1.165) is 36.0 Å². The van der Waals surface area contributed by atoms with Gasteiger partial charge >= 0.3 is 0 Å². The normalized spacial score (nSPS) is 19.6. The summed E-state index contributed by atoms with van der Waals surface area (Å²) >= 11 is 1.63. The van der Waals surface area contributed by atoms with Gasteiger partial charge in [-0.05, 0) is 31.5 Å². The molecule has 1 saturated heterocycles. The molecule has 2 aromatic rings. The van der Waals surface area contributed by atoms with Crippen molar-refractivity contribution < 1.29 is 5.11 Å². The first kappa shape index (κ1) is 14.5. The number of anilines is 2. The van der Waals surface area contributed by atoms with Crippen molar-refractivity contribution in [1.82, 2.24) is 9.88 Å². The van der Waals surface area contributed by atoms with E-state index in [9.17, 15) is 5.11 Å². The van der Waals surface area contributed by atoms with Crippen LogP contribution in [-0.4, -0.2) is 34.2 Å². The van der Waals surface area contributed by atoms with Crippen LogP contribution in [0.5, 0.6) is 0 Å². The molecule has 0 bridgehead atoms. The number of thiazole rings is 1. The second-order valence-electron chi connectivity index (χ2n) is 5.44. The maximum absolute atomic E-state index is 9.47. The van der Waals surface area contributed by atoms with E-state index >= 15 is 0 Å². The quantitative estimate of drug-likeness (QED) is 0.890. The topological polar surface area (TPSA) is 48.4 Å². The lowest BCUT2D eigenvalue weighted by Gasteiger charge is -2.33. The predicted molar refractivity (Wildman–Crippen MR) is 87.0 cm³/mol. The highest BCUT2D eigenvalue weighted by atomic mass is 32.1. The third-order valence-corrected chi connectivity index (χ3v) is 4.71. The van der Waals surface area contributed by atoms with Crippen molar-refractivity contribution >= 4 is 22.2 Å². The minimum atomic E-state index is 0.249. The lowest BCUT2D eigenvalue weighted by Crippen LogP contribution is -2.41. The van der Waals surface area contributed by atoms with Crippen LogP contribution in [0.15, 0.2) is 35.7 Å². The minimum absolute atomic E-state index is 0.249. The van der Waals surface area contributed by atoms with E-state index in [-0.39, 0.29) is 6.61 Å². The molecule has 112 valence electrons. The molecule has 0 amide bonds. The van der Waals surface area contributed by atoms with Crippen LogP contribution in [-0.2, 0) is 6.54 Å². The lowest BCUT2D eigenvalue weighted by molar-refractivity contribution is 0.0832. The van der Waals surface area contributed by atoms with Gasteiger partial charge in [0.25, 0.3) is 0 Å². The molecule has 1 aromatic heterocycles. The Labute approximate surface area is 129 Å². The Balaban J connectivity index is 1.62. The summed E-state index contributed by atoms with van der Waals surface area (Å²) in [4.78, 5) is 7.00. The molecular weight excluding hydrogens is 282 g/mol. The van der Waals surface area contributed by atoms with Crippen LogP contribution in [0.25, 0.3) is 0 Å². The third kappa shape index (κ3) is 3.81. The van der Waals surface area contributed by atoms with Gasteiger partial charge in [-0.2, -0.15) is 0 Å². The first-order valence-corrected chi connectivity index (χ1v) is 8.34. The molecule has 1 atom stereocenters. The second-order valence-corrected chi connectivity index (χ2v) is 6.30. The maximum Gasteiger partial charge on any atom is 0.187 e. The Hall–Kier alpha value is -1.43. The molecule has 3 rings (SSSR count). The number of aromatic nitrogens is 1. The molecule has 5 heteroatoms. The highest BCUT2D eigenvalue weighted by Crippen LogP contribution is 2.24. The molecule has 0 saturated carbocycles. The second kappa shape index (κ2) is 7.02. The Morgan fingerprint density at radius 3 is 2.95 bits per heavy atom. The zero-order chi connectivity index (χ0) is 14.5. The van der Waals surface area contributed by atoms with Crippen LogP contribution in [0.2, 0.25) is 0 Å². The molecule has 1 aliphatic rings.